The lowest BCUT2D eigenvalue weighted by Gasteiger charge is -2.35. The first-order valence-corrected chi connectivity index (χ1v) is 53.6. The van der Waals surface area contributed by atoms with Crippen molar-refractivity contribution in [1.29, 1.82) is 0 Å². The van der Waals surface area contributed by atoms with Crippen LogP contribution in [0.4, 0.5) is 9.59 Å². The molecule has 18 rings (SSSR count). The number of benzene rings is 8. The summed E-state index contributed by atoms with van der Waals surface area (Å²) in [5.74, 6) is 10.2. The number of nitrogens with one attached hydrogen (secondary N) is 1. The minimum absolute atomic E-state index is 0.00793. The third-order valence-electron chi connectivity index (χ3n) is 32.7. The summed E-state index contributed by atoms with van der Waals surface area (Å²) in [4.78, 5) is 49.7. The molecule has 0 radical (unpaired) electrons. The number of hydrogen-bond acceptors (Lipinski definition) is 23. The molecular formula is C120H170N10O16. The molecule has 10 fully saturated rings. The summed E-state index contributed by atoms with van der Waals surface area (Å²) in [5.41, 5.74) is 27.0. The van der Waals surface area contributed by atoms with E-state index in [2.05, 4.69) is 209 Å². The Kier molecular flexibility index (Phi) is 38.5. The largest absolute Gasteiger partial charge is 0.493 e. The molecule has 5 aliphatic carbocycles. The number of hydrogen-bond donors (Lipinski definition) is 5. The van der Waals surface area contributed by atoms with E-state index in [1.165, 1.54) is 126 Å². The van der Waals surface area contributed by atoms with E-state index in [4.69, 9.17) is 74.0 Å². The van der Waals surface area contributed by atoms with E-state index in [0.717, 1.165) is 173 Å². The molecule has 5 saturated heterocycles. The van der Waals surface area contributed by atoms with Gasteiger partial charge in [0.25, 0.3) is 5.91 Å². The van der Waals surface area contributed by atoms with Gasteiger partial charge in [0.05, 0.1) is 81.3 Å². The molecule has 5 heterocycles. The van der Waals surface area contributed by atoms with Crippen molar-refractivity contribution in [2.45, 2.75) is 237 Å². The lowest BCUT2D eigenvalue weighted by Crippen LogP contribution is -2.45. The molecule has 8 aromatic carbocycles. The normalized spacial score (nSPS) is 24.9. The molecule has 3 amide bonds. The van der Waals surface area contributed by atoms with Crippen LogP contribution in [0.15, 0.2) is 182 Å². The van der Waals surface area contributed by atoms with Gasteiger partial charge in [0, 0.05) is 174 Å². The van der Waals surface area contributed by atoms with Crippen LogP contribution in [-0.4, -0.2) is 251 Å². The summed E-state index contributed by atoms with van der Waals surface area (Å²) in [6.07, 6.45) is 19.5. The molecule has 6 unspecified atom stereocenters. The maximum Gasteiger partial charge on any atom is 0.409 e. The zero-order valence-corrected chi connectivity index (χ0v) is 90.4. The van der Waals surface area contributed by atoms with Crippen molar-refractivity contribution in [1.82, 2.24) is 34.7 Å². The van der Waals surface area contributed by atoms with Crippen LogP contribution in [0, 0.1) is 38.9 Å². The molecule has 796 valence electrons. The van der Waals surface area contributed by atoms with Crippen molar-refractivity contribution in [3.05, 3.63) is 226 Å². The monoisotopic (exact) mass is 2010 g/mol. The summed E-state index contributed by atoms with van der Waals surface area (Å²) in [6.45, 7) is 31.1. The number of methoxy groups -OCH3 is 7. The Labute approximate surface area is 870 Å². The van der Waals surface area contributed by atoms with Gasteiger partial charge in [-0.25, -0.2) is 9.59 Å². The van der Waals surface area contributed by atoms with Gasteiger partial charge < -0.3 is 104 Å². The molecule has 11 atom stereocenters. The summed E-state index contributed by atoms with van der Waals surface area (Å²) in [7, 11) is 15.7. The summed E-state index contributed by atoms with van der Waals surface area (Å²) in [6, 6.07) is 63.4. The number of aliphatic hydroxyl groups is 1. The maximum atomic E-state index is 12.6. The van der Waals surface area contributed by atoms with E-state index in [1.54, 1.807) is 45.3 Å². The number of rotatable bonds is 36. The molecule has 0 bridgehead atoms. The van der Waals surface area contributed by atoms with Gasteiger partial charge in [-0.15, -0.1) is 0 Å². The van der Waals surface area contributed by atoms with E-state index in [0.29, 0.717) is 94.8 Å². The third-order valence-corrected chi connectivity index (χ3v) is 32.7. The first-order chi connectivity index (χ1) is 70.2. The second-order valence-electron chi connectivity index (χ2n) is 45.3. The fourth-order valence-electron chi connectivity index (χ4n) is 23.6. The lowest BCUT2D eigenvalue weighted by atomic mass is 9.71. The molecule has 0 aromatic heterocycles. The fourth-order valence-corrected chi connectivity index (χ4v) is 23.6. The molecule has 146 heavy (non-hydrogen) atoms. The number of ether oxygens (including phenoxy) is 12. The highest BCUT2D eigenvalue weighted by Gasteiger charge is 2.52. The number of nitrogens with two attached hydrogens (primary N) is 3. The maximum absolute atomic E-state index is 12.6. The van der Waals surface area contributed by atoms with E-state index >= 15 is 0 Å². The lowest BCUT2D eigenvalue weighted by molar-refractivity contribution is -0.147. The third kappa shape index (κ3) is 28.5. The summed E-state index contributed by atoms with van der Waals surface area (Å²) in [5, 5.41) is 13.8. The van der Waals surface area contributed by atoms with E-state index in [-0.39, 0.29) is 75.1 Å². The van der Waals surface area contributed by atoms with Crippen LogP contribution >= 0.6 is 0 Å². The van der Waals surface area contributed by atoms with Gasteiger partial charge in [0.2, 0.25) is 0 Å². The molecular weight excluding hydrogens is 1840 g/mol. The van der Waals surface area contributed by atoms with Gasteiger partial charge in [-0.05, 0) is 255 Å². The average Bonchev–Trinajstić information content (AvgIpc) is 1.63. The van der Waals surface area contributed by atoms with Gasteiger partial charge in [0.15, 0.2) is 57.5 Å². The van der Waals surface area contributed by atoms with Crippen LogP contribution in [0.25, 0.3) is 0 Å². The number of amides is 3. The minimum atomic E-state index is -1.39. The van der Waals surface area contributed by atoms with Crippen molar-refractivity contribution in [2.75, 3.05) is 169 Å². The molecule has 8 aromatic rings. The number of carbonyl (C=O) groups excluding carboxylic acids is 3. The van der Waals surface area contributed by atoms with E-state index in [1.807, 2.05) is 53.4 Å². The topological polar surface area (TPSA) is 292 Å². The zero-order chi connectivity index (χ0) is 104. The van der Waals surface area contributed by atoms with Gasteiger partial charge in [-0.1, -0.05) is 156 Å². The van der Waals surface area contributed by atoms with Gasteiger partial charge in [-0.3, -0.25) is 14.6 Å². The van der Waals surface area contributed by atoms with Gasteiger partial charge in [-0.2, -0.15) is 0 Å². The van der Waals surface area contributed by atoms with Crippen LogP contribution in [0.5, 0.6) is 57.5 Å². The zero-order valence-electron chi connectivity index (χ0n) is 90.4. The standard InChI is InChI=1S/C27H36N2O4.C27H38N2O2.C26H36N2O2.C21H32N2O4.C19H28N2O4/c1-27(18-28-16-20-9-5-4-6-10-20)19-29(26(30)32-3)17-23(27)21-13-14-24(31-2)25(15-21)33-22-11-7-8-12-22;1-27(19-28(2)3)20-29(17-21-10-6-5-7-11-21)18-24(27)22-14-15-25(30-4)26(16-22)31-23-12-8-9-13-23;1-19(27)26(2)18-28(16-20-9-5-4-6-10-20)17-23(26)21-13-14-24(29-3)25(15-21)30-22-11-7-8-12-22;1-20(2,25)19(24)23-10-16(21(3,12-22)13-23)15-7-8-17(26-4)18(9-15)27-11-14-5-6-14;1-19(11-20)12-21(18(22)24-3)9-15(19)14-6-7-16(23-2)17(8-14)25-10-13-4-5-13/h4-6,9-10,13-15,22-23,28H,7-8,11-12,16-19H2,1-3H3;5-7,10-11,14-16,23-24H,8-9,12-13,17-20H2,1-4H3;4-6,9-10,13-15,19,22-23H,7-8,11-12,16-18,27H2,1-3H3;7-9,14,16,25H,5-6,10-13,22H2,1-4H3;6-8,13,15H,4-5,9-12,20H2,1-3H3/t23-,27+;;19?,23?,26-;16?,21-;15?,19-/m0.111/s1. The SMILES string of the molecule is COC(=O)N1CC(c2ccc(OC)c(OCC3CC3)c2)[C@](C)(CN)C1.COC(=O)N1C[C@@H](c2ccc(OC)c(OC3CCCC3)c2)[C@](C)(CNCc2ccccc2)C1.COc1ccc(C2CN(C(=O)C(C)(C)O)C[C@@]2(C)CN)cc1OCC1CC1.COc1ccc(C2CN(Cc3ccccc3)CC2(C)CN(C)C)cc1OC1CCCC1.COc1ccc(C2CN(Cc3ccccc3)C[C@]2(C)C(C)N)cc1OC1CCCC1. The predicted octanol–water partition coefficient (Wildman–Crippen LogP) is 19.9. The van der Waals surface area contributed by atoms with Crippen molar-refractivity contribution in [2.24, 2.45) is 56.1 Å². The molecule has 26 heteroatoms. The molecule has 26 nitrogen and oxygen atoms in total. The fraction of sp³-hybridized carbons (Fsp3) is 0.575. The highest BCUT2D eigenvalue weighted by Crippen LogP contribution is 2.53. The molecule has 5 saturated carbocycles. The summed E-state index contributed by atoms with van der Waals surface area (Å²) < 4.78 is 68.8. The average molecular weight is 2010 g/mol. The minimum Gasteiger partial charge on any atom is -0.493 e. The van der Waals surface area contributed by atoms with Crippen LogP contribution in [-0.2, 0) is 33.9 Å². The first-order valence-electron chi connectivity index (χ1n) is 53.6. The number of likely N-dealkylation sites (tertiary alicyclic amines) is 5. The second kappa shape index (κ2) is 50.6. The second-order valence-corrected chi connectivity index (χ2v) is 45.3. The highest BCUT2D eigenvalue weighted by atomic mass is 16.6. The number of carbonyl (C=O) groups is 3. The Bertz CT molecular complexity index is 5480. The first kappa shape index (κ1) is 111. The van der Waals surface area contributed by atoms with Crippen molar-refractivity contribution in [3.8, 4) is 57.5 Å². The van der Waals surface area contributed by atoms with Crippen molar-refractivity contribution in [3.63, 3.8) is 0 Å². The quantitative estimate of drug-likeness (QED) is 0.0244. The van der Waals surface area contributed by atoms with Crippen LogP contribution in [0.2, 0.25) is 0 Å². The Morgan fingerprint density at radius 3 is 1.08 bits per heavy atom. The molecule has 5 aliphatic heterocycles. The van der Waals surface area contributed by atoms with Crippen LogP contribution < -0.4 is 69.9 Å². The Hall–Kier alpha value is -10.6. The van der Waals surface area contributed by atoms with E-state index < -0.39 is 5.60 Å². The van der Waals surface area contributed by atoms with Crippen LogP contribution in [0.1, 0.15) is 232 Å². The Balaban J connectivity index is 0.000000145. The van der Waals surface area contributed by atoms with E-state index in [9.17, 15) is 19.5 Å². The summed E-state index contributed by atoms with van der Waals surface area (Å²) >= 11 is 0. The number of nitrogens with zero attached hydrogens (tertiary/aromatic N) is 6. The van der Waals surface area contributed by atoms with Crippen molar-refractivity contribution >= 4 is 18.1 Å². The van der Waals surface area contributed by atoms with Crippen LogP contribution in [0.3, 0.4) is 0 Å². The smallest absolute Gasteiger partial charge is 0.409 e. The predicted molar refractivity (Wildman–Crippen MR) is 577 cm³/mol. The Morgan fingerprint density at radius 2 is 0.726 bits per heavy atom. The molecule has 0 spiro atoms. The van der Waals surface area contributed by atoms with Gasteiger partial charge >= 0.3 is 12.2 Å². The van der Waals surface area contributed by atoms with Crippen molar-refractivity contribution < 1.29 is 76.3 Å². The Morgan fingerprint density at radius 1 is 0.404 bits per heavy atom. The molecule has 8 N–H and O–H groups in total. The molecule has 10 aliphatic rings. The van der Waals surface area contributed by atoms with Gasteiger partial charge in [0.1, 0.15) is 5.60 Å². The highest BCUT2D eigenvalue weighted by molar-refractivity contribution is 5.84.